The molecule has 0 unspecified atom stereocenters. The Morgan fingerprint density at radius 3 is 2.33 bits per heavy atom. The van der Waals surface area contributed by atoms with E-state index in [1.807, 2.05) is 37.8 Å². The summed E-state index contributed by atoms with van der Waals surface area (Å²) in [6.07, 6.45) is 3.50. The van der Waals surface area contributed by atoms with Gasteiger partial charge in [0.2, 0.25) is 0 Å². The van der Waals surface area contributed by atoms with Crippen molar-refractivity contribution in [2.75, 3.05) is 13.1 Å². The molecule has 9 heteroatoms. The van der Waals surface area contributed by atoms with E-state index >= 15 is 0 Å². The number of nitrogens with zero attached hydrogens (tertiary/aromatic N) is 3. The van der Waals surface area contributed by atoms with Gasteiger partial charge in [-0.15, -0.1) is 0 Å². The fraction of sp³-hybridized carbons (Fsp3) is 0.559. The number of carbonyl (C=O) groups excluding carboxylic acids is 1. The third-order valence-electron chi connectivity index (χ3n) is 8.71. The molecule has 4 rings (SSSR count). The Labute approximate surface area is 257 Å². The molecule has 0 aliphatic carbocycles. The van der Waals surface area contributed by atoms with Crippen LogP contribution in [0.15, 0.2) is 40.9 Å². The highest BCUT2D eigenvalue weighted by molar-refractivity contribution is 6.74. The monoisotopic (exact) mass is 605 g/mol. The first kappa shape index (κ1) is 32.6. The largest absolute Gasteiger partial charge is 0.489 e. The van der Waals surface area contributed by atoms with Crippen LogP contribution in [0.3, 0.4) is 0 Å². The molecule has 232 valence electrons. The van der Waals surface area contributed by atoms with Crippen LogP contribution < -0.4 is 4.74 Å². The number of carbonyl (C=O) groups is 1. The van der Waals surface area contributed by atoms with Gasteiger partial charge in [0.25, 0.3) is 0 Å². The summed E-state index contributed by atoms with van der Waals surface area (Å²) in [5, 5.41) is 5.62. The van der Waals surface area contributed by atoms with Gasteiger partial charge in [-0.3, -0.25) is 0 Å². The molecule has 1 amide bonds. The smallest absolute Gasteiger partial charge is 0.410 e. The molecule has 0 bridgehead atoms. The first-order valence-electron chi connectivity index (χ1n) is 15.3. The molecule has 0 spiro atoms. The zero-order valence-corrected chi connectivity index (χ0v) is 28.1. The average molecular weight is 606 g/mol. The zero-order valence-electron chi connectivity index (χ0n) is 27.1. The molecule has 2 aromatic carbocycles. The van der Waals surface area contributed by atoms with Crippen molar-refractivity contribution in [3.8, 4) is 5.75 Å². The van der Waals surface area contributed by atoms with Crippen LogP contribution in [0.2, 0.25) is 18.1 Å². The van der Waals surface area contributed by atoms with Crippen LogP contribution in [0.25, 0.3) is 15.8 Å². The summed E-state index contributed by atoms with van der Waals surface area (Å²) in [5.41, 5.74) is 3.80. The number of fused-ring (bicyclic) bond motifs is 1. The summed E-state index contributed by atoms with van der Waals surface area (Å²) >= 11 is 0. The molecule has 1 fully saturated rings. The lowest BCUT2D eigenvalue weighted by Crippen LogP contribution is -2.41. The molecule has 0 atom stereocenters. The van der Waals surface area contributed by atoms with E-state index in [2.05, 4.69) is 56.0 Å². The Hall–Kier alpha value is -3.35. The van der Waals surface area contributed by atoms with Crippen LogP contribution in [0.1, 0.15) is 77.6 Å². The highest BCUT2D eigenvalue weighted by Crippen LogP contribution is 2.38. The molecule has 1 aliphatic heterocycles. The van der Waals surface area contributed by atoms with Gasteiger partial charge in [-0.05, 0) is 94.3 Å². The van der Waals surface area contributed by atoms with Gasteiger partial charge in [0, 0.05) is 24.0 Å². The second kappa shape index (κ2) is 13.1. The lowest BCUT2D eigenvalue weighted by Gasteiger charge is -2.36. The maximum atomic E-state index is 12.4. The van der Waals surface area contributed by atoms with Crippen LogP contribution in [0.4, 0.5) is 10.5 Å². The summed E-state index contributed by atoms with van der Waals surface area (Å²) in [6, 6.07) is 11.3. The molecular formula is C34H47N3O5Si. The SMILES string of the molecule is [C-]#[N+]c1ccc(OCc2ccc3c(CCC4CCN(C(=O)OC(C)(C)C)CC4)noc3c2CO[Si](C)(C)C(C)(C)C)cc1. The van der Waals surface area contributed by atoms with Crippen molar-refractivity contribution >= 4 is 31.1 Å². The Bertz CT molecular complexity index is 1440. The number of benzene rings is 2. The number of rotatable bonds is 9. The molecule has 43 heavy (non-hydrogen) atoms. The molecule has 1 saturated heterocycles. The Morgan fingerprint density at radius 1 is 1.05 bits per heavy atom. The van der Waals surface area contributed by atoms with E-state index in [0.29, 0.717) is 30.6 Å². The molecule has 0 N–H and O–H groups in total. The van der Waals surface area contributed by atoms with Crippen molar-refractivity contribution in [2.24, 2.45) is 5.92 Å². The highest BCUT2D eigenvalue weighted by atomic mass is 28.4. The van der Waals surface area contributed by atoms with Gasteiger partial charge >= 0.3 is 6.09 Å². The van der Waals surface area contributed by atoms with Crippen LogP contribution >= 0.6 is 0 Å². The Kier molecular flexibility index (Phi) is 9.92. The van der Waals surface area contributed by atoms with Crippen LogP contribution in [-0.4, -0.2) is 43.2 Å². The lowest BCUT2D eigenvalue weighted by atomic mass is 9.91. The predicted octanol–water partition coefficient (Wildman–Crippen LogP) is 9.06. The van der Waals surface area contributed by atoms with Gasteiger partial charge in [-0.25, -0.2) is 9.64 Å². The summed E-state index contributed by atoms with van der Waals surface area (Å²) < 4.78 is 24.3. The topological polar surface area (TPSA) is 78.4 Å². The van der Waals surface area contributed by atoms with Crippen LogP contribution in [-0.2, 0) is 28.8 Å². The fourth-order valence-electron chi connectivity index (χ4n) is 4.94. The third kappa shape index (κ3) is 8.39. The average Bonchev–Trinajstić information content (AvgIpc) is 3.36. The number of ether oxygens (including phenoxy) is 2. The summed E-state index contributed by atoms with van der Waals surface area (Å²) in [6.45, 7) is 26.3. The Balaban J connectivity index is 1.47. The van der Waals surface area contributed by atoms with Gasteiger partial charge in [0.1, 0.15) is 18.0 Å². The van der Waals surface area contributed by atoms with E-state index in [9.17, 15) is 4.79 Å². The quantitative estimate of drug-likeness (QED) is 0.179. The molecular weight excluding hydrogens is 558 g/mol. The normalized spacial score (nSPS) is 15.0. The predicted molar refractivity (Wildman–Crippen MR) is 172 cm³/mol. The first-order chi connectivity index (χ1) is 20.2. The van der Waals surface area contributed by atoms with Crippen LogP contribution in [0.5, 0.6) is 5.75 Å². The lowest BCUT2D eigenvalue weighted by molar-refractivity contribution is 0.0181. The van der Waals surface area contributed by atoms with Gasteiger partial charge in [0.15, 0.2) is 19.6 Å². The van der Waals surface area contributed by atoms with E-state index in [1.54, 1.807) is 12.1 Å². The van der Waals surface area contributed by atoms with Crippen molar-refractivity contribution in [1.29, 1.82) is 0 Å². The molecule has 8 nitrogen and oxygen atoms in total. The number of hydrogen-bond acceptors (Lipinski definition) is 6. The second-order valence-electron chi connectivity index (χ2n) is 14.1. The fourth-order valence-corrected chi connectivity index (χ4v) is 5.88. The minimum absolute atomic E-state index is 0.0772. The molecule has 0 radical (unpaired) electrons. The minimum Gasteiger partial charge on any atom is -0.489 e. The van der Waals surface area contributed by atoms with Crippen molar-refractivity contribution < 1.29 is 23.2 Å². The highest BCUT2D eigenvalue weighted by Gasteiger charge is 2.37. The van der Waals surface area contributed by atoms with Gasteiger partial charge in [0.05, 0.1) is 18.9 Å². The van der Waals surface area contributed by atoms with E-state index in [4.69, 9.17) is 25.0 Å². The maximum absolute atomic E-state index is 12.4. The number of likely N-dealkylation sites (tertiary alicyclic amines) is 1. The van der Waals surface area contributed by atoms with E-state index < -0.39 is 13.9 Å². The second-order valence-corrected chi connectivity index (χ2v) is 18.9. The number of piperidine rings is 1. The van der Waals surface area contributed by atoms with E-state index in [1.165, 1.54) is 0 Å². The van der Waals surface area contributed by atoms with Gasteiger partial charge in [-0.2, -0.15) is 0 Å². The van der Waals surface area contributed by atoms with E-state index in [0.717, 1.165) is 66.6 Å². The number of aryl methyl sites for hydroxylation is 1. The maximum Gasteiger partial charge on any atom is 0.410 e. The summed E-state index contributed by atoms with van der Waals surface area (Å²) in [7, 11) is -2.02. The minimum atomic E-state index is -2.02. The van der Waals surface area contributed by atoms with Gasteiger partial charge < -0.3 is 23.3 Å². The molecule has 2 heterocycles. The number of amides is 1. The molecule has 0 saturated carbocycles. The first-order valence-corrected chi connectivity index (χ1v) is 18.2. The number of hydrogen-bond donors (Lipinski definition) is 0. The van der Waals surface area contributed by atoms with Gasteiger partial charge in [-0.1, -0.05) is 44.1 Å². The Morgan fingerprint density at radius 2 is 1.72 bits per heavy atom. The van der Waals surface area contributed by atoms with Crippen molar-refractivity contribution in [3.63, 3.8) is 0 Å². The molecule has 1 aliphatic rings. The van der Waals surface area contributed by atoms with Crippen molar-refractivity contribution in [2.45, 2.75) is 104 Å². The van der Waals surface area contributed by atoms with E-state index in [-0.39, 0.29) is 11.1 Å². The zero-order chi connectivity index (χ0) is 31.4. The van der Waals surface area contributed by atoms with Crippen molar-refractivity contribution in [1.82, 2.24) is 10.1 Å². The number of aromatic nitrogens is 1. The molecule has 3 aromatic rings. The molecule has 1 aromatic heterocycles. The summed E-state index contributed by atoms with van der Waals surface area (Å²) in [5.74, 6) is 1.23. The van der Waals surface area contributed by atoms with Crippen LogP contribution in [0, 0.1) is 12.5 Å². The van der Waals surface area contributed by atoms with Crippen molar-refractivity contribution in [3.05, 3.63) is 64.6 Å². The standard InChI is InChI=1S/C34H47N3O5Si/c1-33(2,3)41-32(38)37-20-18-24(19-21-37)10-17-30-28-16-11-25(22-39-27-14-12-26(35-7)13-15-27)29(31(28)42-36-30)23-40-43(8,9)34(4,5)6/h11-16,24H,10,17-23H2,1-6,8-9H3. The third-order valence-corrected chi connectivity index (χ3v) is 13.2. The summed E-state index contributed by atoms with van der Waals surface area (Å²) in [4.78, 5) is 17.7.